The van der Waals surface area contributed by atoms with Crippen LogP contribution in [0.5, 0.6) is 5.75 Å². The van der Waals surface area contributed by atoms with Gasteiger partial charge in [0.05, 0.1) is 0 Å². The zero-order chi connectivity index (χ0) is 13.5. The van der Waals surface area contributed by atoms with Crippen LogP contribution in [0.2, 0.25) is 0 Å². The number of azide groups is 1. The number of nitrogens with zero attached hydrogens (tertiary/aromatic N) is 4. The molecule has 0 aliphatic rings. The predicted molar refractivity (Wildman–Crippen MR) is 56.8 cm³/mol. The third-order valence-corrected chi connectivity index (χ3v) is 2.07. The molecule has 0 saturated heterocycles. The van der Waals surface area contributed by atoms with E-state index in [9.17, 15) is 18.9 Å². The summed E-state index contributed by atoms with van der Waals surface area (Å²) in [7, 11) is 0. The Balaban J connectivity index is 2.83. The second-order valence-corrected chi connectivity index (χ2v) is 3.21. The molecule has 9 heteroatoms. The van der Waals surface area contributed by atoms with Crippen LogP contribution in [0, 0.1) is 10.1 Å². The van der Waals surface area contributed by atoms with E-state index in [-0.39, 0.29) is 11.3 Å². The summed E-state index contributed by atoms with van der Waals surface area (Å²) in [5, 5.41) is 12.0. The van der Waals surface area contributed by atoms with Crippen LogP contribution in [0.25, 0.3) is 10.4 Å². The Bertz CT molecular complexity index is 461. The molecule has 0 radical (unpaired) electrons. The fourth-order valence-electron chi connectivity index (χ4n) is 1.25. The lowest BCUT2D eigenvalue weighted by molar-refractivity contribution is -0.711. The minimum Gasteiger partial charge on any atom is -0.276 e. The molecule has 1 rings (SSSR count). The van der Waals surface area contributed by atoms with Crippen LogP contribution >= 0.6 is 0 Å². The van der Waals surface area contributed by atoms with Gasteiger partial charge in [0.2, 0.25) is 0 Å². The minimum atomic E-state index is -1.82. The molecular weight excluding hydrogens is 250 g/mol. The molecule has 0 bridgehead atoms. The first kappa shape index (κ1) is 13.7. The Morgan fingerprint density at radius 3 is 2.56 bits per heavy atom. The smallest absolute Gasteiger partial charge is 0.276 e. The first-order valence-electron chi connectivity index (χ1n) is 4.75. The zero-order valence-electron chi connectivity index (χ0n) is 8.94. The number of rotatable bonds is 6. The van der Waals surface area contributed by atoms with Gasteiger partial charge in [0.25, 0.3) is 5.09 Å². The van der Waals surface area contributed by atoms with Gasteiger partial charge in [-0.15, -0.1) is 10.1 Å². The molecule has 0 saturated carbocycles. The van der Waals surface area contributed by atoms with Crippen molar-refractivity contribution in [3.63, 3.8) is 0 Å². The van der Waals surface area contributed by atoms with Crippen LogP contribution in [-0.2, 0) is 0 Å². The third-order valence-electron chi connectivity index (χ3n) is 2.07. The van der Waals surface area contributed by atoms with E-state index >= 15 is 0 Å². The molecule has 1 unspecified atom stereocenters. The molecule has 0 heterocycles. The van der Waals surface area contributed by atoms with E-state index in [1.807, 2.05) is 0 Å². The maximum absolute atomic E-state index is 13.7. The van der Waals surface area contributed by atoms with Crippen molar-refractivity contribution in [1.29, 1.82) is 0 Å². The normalized spacial score (nSPS) is 13.2. The first-order valence-corrected chi connectivity index (χ1v) is 4.75. The van der Waals surface area contributed by atoms with Crippen LogP contribution in [0.3, 0.4) is 0 Å². The highest BCUT2D eigenvalue weighted by molar-refractivity contribution is 5.28. The summed E-state index contributed by atoms with van der Waals surface area (Å²) in [6.45, 7) is -1.14. The van der Waals surface area contributed by atoms with Crippen molar-refractivity contribution < 1.29 is 18.7 Å². The van der Waals surface area contributed by atoms with Crippen molar-refractivity contribution in [2.24, 2.45) is 5.11 Å². The molecule has 96 valence electrons. The van der Waals surface area contributed by atoms with Gasteiger partial charge in [-0.2, -0.15) is 0 Å². The predicted octanol–water partition coefficient (Wildman–Crippen LogP) is 2.92. The second kappa shape index (κ2) is 6.36. The van der Waals surface area contributed by atoms with Gasteiger partial charge in [-0.1, -0.05) is 17.2 Å². The Hall–Kier alpha value is -2.41. The Morgan fingerprint density at radius 2 is 2.11 bits per heavy atom. The van der Waals surface area contributed by atoms with Crippen LogP contribution in [0.15, 0.2) is 29.4 Å². The van der Waals surface area contributed by atoms with Crippen molar-refractivity contribution in [3.05, 3.63) is 50.4 Å². The van der Waals surface area contributed by atoms with Gasteiger partial charge in [-0.25, -0.2) is 4.39 Å². The molecule has 0 amide bonds. The number of hydrogen-bond acceptors (Lipinski definition) is 4. The highest BCUT2D eigenvalue weighted by Gasteiger charge is 2.21. The van der Waals surface area contributed by atoms with Crippen molar-refractivity contribution in [2.75, 3.05) is 6.67 Å². The van der Waals surface area contributed by atoms with E-state index in [2.05, 4.69) is 14.9 Å². The van der Waals surface area contributed by atoms with E-state index in [0.29, 0.717) is 0 Å². The van der Waals surface area contributed by atoms with Gasteiger partial charge >= 0.3 is 0 Å². The fourth-order valence-corrected chi connectivity index (χ4v) is 1.25. The van der Waals surface area contributed by atoms with Gasteiger partial charge < -0.3 is 0 Å². The lowest BCUT2D eigenvalue weighted by Crippen LogP contribution is -2.14. The number of halogens is 2. The summed E-state index contributed by atoms with van der Waals surface area (Å²) in [5.74, 6) is -0.0865. The quantitative estimate of drug-likeness (QED) is 0.257. The van der Waals surface area contributed by atoms with E-state index < -0.39 is 24.0 Å². The van der Waals surface area contributed by atoms with Crippen LogP contribution < -0.4 is 4.84 Å². The van der Waals surface area contributed by atoms with Crippen molar-refractivity contribution in [1.82, 2.24) is 0 Å². The van der Waals surface area contributed by atoms with Crippen LogP contribution in [0.4, 0.5) is 8.78 Å². The van der Waals surface area contributed by atoms with E-state index in [1.165, 1.54) is 12.1 Å². The van der Waals surface area contributed by atoms with Gasteiger partial charge in [0.15, 0.2) is 0 Å². The zero-order valence-corrected chi connectivity index (χ0v) is 8.94. The molecule has 2 atom stereocenters. The topological polar surface area (TPSA) is 101 Å². The number of benzene rings is 1. The lowest BCUT2D eigenvalue weighted by atomic mass is 10.1. The molecular formula is C9H8F2N4O3. The Kier molecular flexibility index (Phi) is 4.82. The minimum absolute atomic E-state index is 0.0424. The van der Waals surface area contributed by atoms with E-state index in [1.54, 1.807) is 0 Å². The third kappa shape index (κ3) is 3.56. The van der Waals surface area contributed by atoms with E-state index in [0.717, 1.165) is 12.1 Å². The van der Waals surface area contributed by atoms with E-state index in [4.69, 9.17) is 5.53 Å². The summed E-state index contributed by atoms with van der Waals surface area (Å²) in [6.07, 6.45) is -1.82. The molecule has 0 fully saturated rings. The standard InChI is InChI=1S/C9H8F2N4O3/c10-5-8(13-14-12)9(11)6-1-3-7(4-2-6)18-15(16)17/h1-4,8-9H,5H2/t8-,9?/m1/s1. The molecule has 0 aliphatic carbocycles. The average Bonchev–Trinajstić information content (AvgIpc) is 2.35. The van der Waals surface area contributed by atoms with Crippen molar-refractivity contribution in [3.8, 4) is 5.75 Å². The van der Waals surface area contributed by atoms with Crippen LogP contribution in [0.1, 0.15) is 11.7 Å². The second-order valence-electron chi connectivity index (χ2n) is 3.21. The van der Waals surface area contributed by atoms with Gasteiger partial charge in [0.1, 0.15) is 24.6 Å². The van der Waals surface area contributed by atoms with Gasteiger partial charge in [0, 0.05) is 4.91 Å². The molecule has 0 spiro atoms. The molecule has 1 aromatic carbocycles. The monoisotopic (exact) mass is 258 g/mol. The summed E-state index contributed by atoms with van der Waals surface area (Å²) in [5.41, 5.74) is 8.18. The fraction of sp³-hybridized carbons (Fsp3) is 0.333. The summed E-state index contributed by atoms with van der Waals surface area (Å²) < 4.78 is 26.1. The maximum atomic E-state index is 13.7. The molecule has 7 nitrogen and oxygen atoms in total. The molecule has 1 aromatic rings. The van der Waals surface area contributed by atoms with Crippen LogP contribution in [-0.4, -0.2) is 17.8 Å². The highest BCUT2D eigenvalue weighted by atomic mass is 19.1. The molecule has 0 aromatic heterocycles. The summed E-state index contributed by atoms with van der Waals surface area (Å²) >= 11 is 0. The number of alkyl halides is 2. The first-order chi connectivity index (χ1) is 8.58. The van der Waals surface area contributed by atoms with Crippen molar-refractivity contribution >= 4 is 0 Å². The lowest BCUT2D eigenvalue weighted by Gasteiger charge is -2.13. The summed E-state index contributed by atoms with van der Waals surface area (Å²) in [4.78, 5) is 16.5. The number of hydrogen-bond donors (Lipinski definition) is 0. The van der Waals surface area contributed by atoms with Gasteiger partial charge in [-0.3, -0.25) is 9.23 Å². The maximum Gasteiger partial charge on any atom is 0.299 e. The SMILES string of the molecule is [N-]=[N+]=N[C@H](CF)C(F)c1ccc(O[N+](=O)[O-])cc1. The highest BCUT2D eigenvalue weighted by Crippen LogP contribution is 2.26. The summed E-state index contributed by atoms with van der Waals surface area (Å²) in [6, 6.07) is 3.25. The average molecular weight is 258 g/mol. The Labute approximate surface area is 99.7 Å². The molecule has 18 heavy (non-hydrogen) atoms. The van der Waals surface area contributed by atoms with Gasteiger partial charge in [-0.05, 0) is 23.2 Å². The molecule has 0 aliphatic heterocycles. The largest absolute Gasteiger partial charge is 0.299 e. The van der Waals surface area contributed by atoms with Crippen molar-refractivity contribution in [2.45, 2.75) is 12.2 Å². The molecule has 0 N–H and O–H groups in total. The Morgan fingerprint density at radius 1 is 1.50 bits per heavy atom.